The summed E-state index contributed by atoms with van der Waals surface area (Å²) in [5.41, 5.74) is 0. The summed E-state index contributed by atoms with van der Waals surface area (Å²) in [4.78, 5) is 16.0. The van der Waals surface area contributed by atoms with E-state index in [2.05, 4.69) is 39.5 Å². The van der Waals surface area contributed by atoms with E-state index in [0.29, 0.717) is 12.1 Å². The zero-order valence-electron chi connectivity index (χ0n) is 12.1. The summed E-state index contributed by atoms with van der Waals surface area (Å²) in [6.07, 6.45) is 0. The van der Waals surface area contributed by atoms with Gasteiger partial charge in [0.15, 0.2) is 0 Å². The summed E-state index contributed by atoms with van der Waals surface area (Å²) in [5.74, 6) is 0.249. The highest BCUT2D eigenvalue weighted by molar-refractivity contribution is 5.78. The molecule has 0 aliphatic rings. The van der Waals surface area contributed by atoms with Gasteiger partial charge in [-0.25, -0.2) is 0 Å². The summed E-state index contributed by atoms with van der Waals surface area (Å²) in [7, 11) is 3.64. The Balaban J connectivity index is 4.74. The summed E-state index contributed by atoms with van der Waals surface area (Å²) in [6, 6.07) is 1.20. The van der Waals surface area contributed by atoms with E-state index in [0.717, 1.165) is 0 Å². The van der Waals surface area contributed by atoms with Gasteiger partial charge in [-0.1, -0.05) is 6.92 Å². The maximum Gasteiger partial charge on any atom is 0.226 e. The first-order valence-electron chi connectivity index (χ1n) is 6.18. The fourth-order valence-electron chi connectivity index (χ4n) is 2.41. The SMILES string of the molecule is CC(C(=O)N(C)C)C(C)N(C(C)C)C(C)C. The summed E-state index contributed by atoms with van der Waals surface area (Å²) in [5, 5.41) is 0. The predicted octanol–water partition coefficient (Wildman–Crippen LogP) is 2.22. The molecule has 0 radical (unpaired) electrons. The second-order valence-corrected chi connectivity index (χ2v) is 5.40. The lowest BCUT2D eigenvalue weighted by molar-refractivity contribution is -0.135. The van der Waals surface area contributed by atoms with E-state index in [1.807, 2.05) is 21.0 Å². The Morgan fingerprint density at radius 1 is 0.875 bits per heavy atom. The molecule has 1 amide bonds. The van der Waals surface area contributed by atoms with E-state index in [-0.39, 0.29) is 17.9 Å². The van der Waals surface area contributed by atoms with E-state index >= 15 is 0 Å². The smallest absolute Gasteiger partial charge is 0.226 e. The molecule has 0 spiro atoms. The van der Waals surface area contributed by atoms with Crippen LogP contribution in [0.3, 0.4) is 0 Å². The topological polar surface area (TPSA) is 23.6 Å². The zero-order chi connectivity index (χ0) is 13.0. The van der Waals surface area contributed by atoms with Crippen LogP contribution >= 0.6 is 0 Å². The third kappa shape index (κ3) is 3.78. The van der Waals surface area contributed by atoms with E-state index in [9.17, 15) is 4.79 Å². The lowest BCUT2D eigenvalue weighted by atomic mass is 9.98. The monoisotopic (exact) mass is 228 g/mol. The van der Waals surface area contributed by atoms with Gasteiger partial charge in [0.05, 0.1) is 5.92 Å². The number of amides is 1. The number of carbonyl (C=O) groups excluding carboxylic acids is 1. The Bertz CT molecular complexity index is 216. The molecule has 3 nitrogen and oxygen atoms in total. The van der Waals surface area contributed by atoms with Gasteiger partial charge in [0.1, 0.15) is 0 Å². The summed E-state index contributed by atoms with van der Waals surface area (Å²) in [6.45, 7) is 12.9. The molecule has 0 rings (SSSR count). The average molecular weight is 228 g/mol. The number of rotatable bonds is 5. The molecule has 0 aromatic carbocycles. The van der Waals surface area contributed by atoms with Crippen molar-refractivity contribution in [2.24, 2.45) is 5.92 Å². The Hall–Kier alpha value is -0.570. The molecule has 0 fully saturated rings. The van der Waals surface area contributed by atoms with E-state index in [1.54, 1.807) is 4.90 Å². The summed E-state index contributed by atoms with van der Waals surface area (Å²) < 4.78 is 0. The van der Waals surface area contributed by atoms with Crippen molar-refractivity contribution in [2.45, 2.75) is 59.7 Å². The maximum absolute atomic E-state index is 11.9. The fourth-order valence-corrected chi connectivity index (χ4v) is 2.41. The number of nitrogens with zero attached hydrogens (tertiary/aromatic N) is 2. The lowest BCUT2D eigenvalue weighted by Gasteiger charge is -2.39. The molecule has 0 saturated heterocycles. The average Bonchev–Trinajstić information content (AvgIpc) is 2.13. The summed E-state index contributed by atoms with van der Waals surface area (Å²) >= 11 is 0. The number of hydrogen-bond donors (Lipinski definition) is 0. The highest BCUT2D eigenvalue weighted by atomic mass is 16.2. The highest BCUT2D eigenvalue weighted by Gasteiger charge is 2.29. The van der Waals surface area contributed by atoms with E-state index in [1.165, 1.54) is 0 Å². The third-order valence-corrected chi connectivity index (χ3v) is 3.22. The van der Waals surface area contributed by atoms with Crippen LogP contribution in [-0.2, 0) is 4.79 Å². The van der Waals surface area contributed by atoms with Gasteiger partial charge < -0.3 is 4.90 Å². The van der Waals surface area contributed by atoms with Crippen molar-refractivity contribution >= 4 is 5.91 Å². The van der Waals surface area contributed by atoms with Crippen molar-refractivity contribution in [3.05, 3.63) is 0 Å². The van der Waals surface area contributed by atoms with Crippen LogP contribution < -0.4 is 0 Å². The Morgan fingerprint density at radius 2 is 1.25 bits per heavy atom. The molecular weight excluding hydrogens is 200 g/mol. The Kier molecular flexibility index (Phi) is 6.01. The molecule has 3 heteroatoms. The van der Waals surface area contributed by atoms with Crippen molar-refractivity contribution in [1.82, 2.24) is 9.80 Å². The molecule has 0 saturated carbocycles. The van der Waals surface area contributed by atoms with Crippen LogP contribution in [0, 0.1) is 5.92 Å². The molecule has 0 aromatic rings. The van der Waals surface area contributed by atoms with Crippen LogP contribution in [0.5, 0.6) is 0 Å². The van der Waals surface area contributed by atoms with Gasteiger partial charge in [0, 0.05) is 32.2 Å². The van der Waals surface area contributed by atoms with Crippen LogP contribution in [0.4, 0.5) is 0 Å². The van der Waals surface area contributed by atoms with E-state index < -0.39 is 0 Å². The molecule has 0 aromatic heterocycles. The van der Waals surface area contributed by atoms with Gasteiger partial charge in [0.25, 0.3) is 0 Å². The quantitative estimate of drug-likeness (QED) is 0.720. The second-order valence-electron chi connectivity index (χ2n) is 5.40. The molecule has 0 N–H and O–H groups in total. The molecule has 0 bridgehead atoms. The molecule has 0 heterocycles. The molecule has 96 valence electrons. The minimum Gasteiger partial charge on any atom is -0.349 e. The van der Waals surface area contributed by atoms with Gasteiger partial charge in [0.2, 0.25) is 5.91 Å². The van der Waals surface area contributed by atoms with Gasteiger partial charge in [-0.05, 0) is 34.6 Å². The minimum atomic E-state index is 0.0415. The van der Waals surface area contributed by atoms with Crippen LogP contribution in [-0.4, -0.2) is 47.9 Å². The van der Waals surface area contributed by atoms with Crippen LogP contribution in [0.1, 0.15) is 41.5 Å². The molecule has 2 atom stereocenters. The maximum atomic E-state index is 11.9. The van der Waals surface area contributed by atoms with Crippen molar-refractivity contribution in [1.29, 1.82) is 0 Å². The van der Waals surface area contributed by atoms with Gasteiger partial charge >= 0.3 is 0 Å². The normalized spacial score (nSPS) is 15.7. The molecule has 0 aliphatic heterocycles. The van der Waals surface area contributed by atoms with E-state index in [4.69, 9.17) is 0 Å². The first-order chi connectivity index (χ1) is 7.20. The van der Waals surface area contributed by atoms with Crippen LogP contribution in [0.25, 0.3) is 0 Å². The Morgan fingerprint density at radius 3 is 1.50 bits per heavy atom. The molecule has 2 unspecified atom stereocenters. The van der Waals surface area contributed by atoms with Crippen molar-refractivity contribution in [3.8, 4) is 0 Å². The number of carbonyl (C=O) groups is 1. The molecule has 16 heavy (non-hydrogen) atoms. The lowest BCUT2D eigenvalue weighted by Crippen LogP contribution is -2.49. The minimum absolute atomic E-state index is 0.0415. The predicted molar refractivity (Wildman–Crippen MR) is 69.4 cm³/mol. The first kappa shape index (κ1) is 15.4. The van der Waals surface area contributed by atoms with Gasteiger partial charge in [-0.15, -0.1) is 0 Å². The molecular formula is C13H28N2O. The second kappa shape index (κ2) is 6.24. The molecule has 0 aliphatic carbocycles. The van der Waals surface area contributed by atoms with Crippen LogP contribution in [0.2, 0.25) is 0 Å². The third-order valence-electron chi connectivity index (χ3n) is 3.22. The van der Waals surface area contributed by atoms with Crippen molar-refractivity contribution in [3.63, 3.8) is 0 Å². The van der Waals surface area contributed by atoms with Gasteiger partial charge in [-0.3, -0.25) is 9.69 Å². The standard InChI is InChI=1S/C13H28N2O/c1-9(2)15(10(3)4)12(6)11(5)13(16)14(7)8/h9-12H,1-8H3. The Labute approximate surface area is 101 Å². The fraction of sp³-hybridized carbons (Fsp3) is 0.923. The first-order valence-corrected chi connectivity index (χ1v) is 6.18. The van der Waals surface area contributed by atoms with Crippen molar-refractivity contribution in [2.75, 3.05) is 14.1 Å². The zero-order valence-corrected chi connectivity index (χ0v) is 12.1. The highest BCUT2D eigenvalue weighted by Crippen LogP contribution is 2.18. The van der Waals surface area contributed by atoms with Crippen LogP contribution in [0.15, 0.2) is 0 Å². The van der Waals surface area contributed by atoms with Gasteiger partial charge in [-0.2, -0.15) is 0 Å². The largest absolute Gasteiger partial charge is 0.349 e. The van der Waals surface area contributed by atoms with Crippen molar-refractivity contribution < 1.29 is 4.79 Å². The number of hydrogen-bond acceptors (Lipinski definition) is 2.